The van der Waals surface area contributed by atoms with Crippen LogP contribution < -0.4 is 21.1 Å². The second-order valence-corrected chi connectivity index (χ2v) is 6.75. The molecule has 0 aliphatic carbocycles. The maximum absolute atomic E-state index is 6.01. The number of nitrogens with two attached hydrogens (primary N) is 2. The molecule has 0 radical (unpaired) electrons. The van der Waals surface area contributed by atoms with Crippen LogP contribution in [0.3, 0.4) is 0 Å². The van der Waals surface area contributed by atoms with Gasteiger partial charge in [0.25, 0.3) is 0 Å². The SMILES string of the molecule is Nc1ccc(COc2ccc(N(c3ccccc3)c3ccccc3)cc2)c(N)c1. The van der Waals surface area contributed by atoms with Crippen LogP contribution in [0.1, 0.15) is 5.56 Å². The molecule has 0 amide bonds. The van der Waals surface area contributed by atoms with Crippen molar-refractivity contribution in [3.05, 3.63) is 109 Å². The summed E-state index contributed by atoms with van der Waals surface area (Å²) in [6.07, 6.45) is 0. The average Bonchev–Trinajstić information content (AvgIpc) is 2.76. The summed E-state index contributed by atoms with van der Waals surface area (Å²) < 4.78 is 5.92. The molecule has 29 heavy (non-hydrogen) atoms. The van der Waals surface area contributed by atoms with Crippen molar-refractivity contribution in [2.75, 3.05) is 16.4 Å². The smallest absolute Gasteiger partial charge is 0.119 e. The predicted molar refractivity (Wildman–Crippen MR) is 121 cm³/mol. The van der Waals surface area contributed by atoms with E-state index in [4.69, 9.17) is 16.2 Å². The molecule has 0 aromatic heterocycles. The third kappa shape index (κ3) is 4.33. The summed E-state index contributed by atoms with van der Waals surface area (Å²) in [7, 11) is 0. The molecule has 0 atom stereocenters. The molecular weight excluding hydrogens is 358 g/mol. The van der Waals surface area contributed by atoms with Crippen molar-refractivity contribution in [2.45, 2.75) is 6.61 Å². The van der Waals surface area contributed by atoms with Gasteiger partial charge in [0.15, 0.2) is 0 Å². The molecule has 0 saturated carbocycles. The fourth-order valence-corrected chi connectivity index (χ4v) is 3.20. The number of nitrogen functional groups attached to an aromatic ring is 2. The molecule has 4 rings (SSSR count). The van der Waals surface area contributed by atoms with Crippen LogP contribution in [0.4, 0.5) is 28.4 Å². The second kappa shape index (κ2) is 8.40. The Balaban J connectivity index is 1.56. The topological polar surface area (TPSA) is 64.5 Å². The summed E-state index contributed by atoms with van der Waals surface area (Å²) >= 11 is 0. The average molecular weight is 381 g/mol. The van der Waals surface area contributed by atoms with Gasteiger partial charge in [-0.3, -0.25) is 0 Å². The predicted octanol–water partition coefficient (Wildman–Crippen LogP) is 5.90. The Kier molecular flexibility index (Phi) is 5.34. The molecule has 4 N–H and O–H groups in total. The van der Waals surface area contributed by atoms with E-state index >= 15 is 0 Å². The maximum Gasteiger partial charge on any atom is 0.119 e. The summed E-state index contributed by atoms with van der Waals surface area (Å²) in [6.45, 7) is 0.395. The van der Waals surface area contributed by atoms with Crippen molar-refractivity contribution in [1.82, 2.24) is 0 Å². The highest BCUT2D eigenvalue weighted by molar-refractivity contribution is 5.76. The molecular formula is C25H23N3O. The van der Waals surface area contributed by atoms with Crippen molar-refractivity contribution in [1.29, 1.82) is 0 Å². The Labute approximate surface area is 171 Å². The first-order valence-electron chi connectivity index (χ1n) is 9.48. The number of nitrogens with zero attached hydrogens (tertiary/aromatic N) is 1. The Morgan fingerprint density at radius 3 is 1.72 bits per heavy atom. The minimum absolute atomic E-state index is 0.395. The Hall–Kier alpha value is -3.92. The molecule has 0 unspecified atom stereocenters. The van der Waals surface area contributed by atoms with E-state index < -0.39 is 0 Å². The highest BCUT2D eigenvalue weighted by Crippen LogP contribution is 2.34. The van der Waals surface area contributed by atoms with E-state index in [0.29, 0.717) is 18.0 Å². The van der Waals surface area contributed by atoms with E-state index in [2.05, 4.69) is 41.3 Å². The summed E-state index contributed by atoms with van der Waals surface area (Å²) in [4.78, 5) is 2.21. The van der Waals surface area contributed by atoms with Crippen LogP contribution in [0.2, 0.25) is 0 Å². The number of para-hydroxylation sites is 2. The van der Waals surface area contributed by atoms with Gasteiger partial charge in [0.1, 0.15) is 12.4 Å². The van der Waals surface area contributed by atoms with E-state index in [-0.39, 0.29) is 0 Å². The van der Waals surface area contributed by atoms with Gasteiger partial charge >= 0.3 is 0 Å². The number of hydrogen-bond acceptors (Lipinski definition) is 4. The van der Waals surface area contributed by atoms with Gasteiger partial charge in [0.2, 0.25) is 0 Å². The number of anilines is 5. The largest absolute Gasteiger partial charge is 0.489 e. The number of rotatable bonds is 6. The van der Waals surface area contributed by atoms with E-state index in [9.17, 15) is 0 Å². The molecule has 4 aromatic rings. The Bertz CT molecular complexity index is 1020. The van der Waals surface area contributed by atoms with Crippen LogP contribution in [0.5, 0.6) is 5.75 Å². The van der Waals surface area contributed by atoms with E-state index in [1.54, 1.807) is 6.07 Å². The van der Waals surface area contributed by atoms with Crippen LogP contribution in [0, 0.1) is 0 Å². The Morgan fingerprint density at radius 2 is 1.17 bits per heavy atom. The van der Waals surface area contributed by atoms with Gasteiger partial charge in [-0.25, -0.2) is 0 Å². The lowest BCUT2D eigenvalue weighted by Gasteiger charge is -2.25. The fourth-order valence-electron chi connectivity index (χ4n) is 3.20. The second-order valence-electron chi connectivity index (χ2n) is 6.75. The van der Waals surface area contributed by atoms with E-state index in [1.165, 1.54) is 0 Å². The van der Waals surface area contributed by atoms with Crippen molar-refractivity contribution in [3.8, 4) is 5.75 Å². The van der Waals surface area contributed by atoms with Gasteiger partial charge in [-0.05, 0) is 60.7 Å². The van der Waals surface area contributed by atoms with Gasteiger partial charge in [0, 0.05) is 34.0 Å². The highest BCUT2D eigenvalue weighted by Gasteiger charge is 2.11. The molecule has 0 bridgehead atoms. The number of hydrogen-bond donors (Lipinski definition) is 2. The lowest BCUT2D eigenvalue weighted by atomic mass is 10.1. The molecule has 0 aliphatic heterocycles. The summed E-state index contributed by atoms with van der Waals surface area (Å²) in [5.41, 5.74) is 17.2. The zero-order chi connectivity index (χ0) is 20.1. The first-order valence-corrected chi connectivity index (χ1v) is 9.48. The zero-order valence-corrected chi connectivity index (χ0v) is 16.0. The van der Waals surface area contributed by atoms with Crippen molar-refractivity contribution >= 4 is 28.4 Å². The molecule has 0 heterocycles. The maximum atomic E-state index is 6.01. The molecule has 144 valence electrons. The summed E-state index contributed by atoms with van der Waals surface area (Å²) in [6, 6.07) is 34.1. The Morgan fingerprint density at radius 1 is 0.621 bits per heavy atom. The first-order chi connectivity index (χ1) is 14.2. The number of ether oxygens (including phenoxy) is 1. The van der Waals surface area contributed by atoms with Crippen LogP contribution in [0.15, 0.2) is 103 Å². The zero-order valence-electron chi connectivity index (χ0n) is 16.0. The van der Waals surface area contributed by atoms with E-state index in [0.717, 1.165) is 28.4 Å². The molecule has 4 nitrogen and oxygen atoms in total. The lowest BCUT2D eigenvalue weighted by Crippen LogP contribution is -2.09. The van der Waals surface area contributed by atoms with Gasteiger partial charge in [-0.2, -0.15) is 0 Å². The quantitative estimate of drug-likeness (QED) is 0.408. The monoisotopic (exact) mass is 381 g/mol. The minimum Gasteiger partial charge on any atom is -0.489 e. The van der Waals surface area contributed by atoms with E-state index in [1.807, 2.05) is 60.7 Å². The molecule has 4 heteroatoms. The molecule has 0 aliphatic rings. The minimum atomic E-state index is 0.395. The lowest BCUT2D eigenvalue weighted by molar-refractivity contribution is 0.307. The summed E-state index contributed by atoms with van der Waals surface area (Å²) in [5, 5.41) is 0. The highest BCUT2D eigenvalue weighted by atomic mass is 16.5. The van der Waals surface area contributed by atoms with Crippen molar-refractivity contribution in [3.63, 3.8) is 0 Å². The van der Waals surface area contributed by atoms with Gasteiger partial charge in [-0.15, -0.1) is 0 Å². The molecule has 0 fully saturated rings. The van der Waals surface area contributed by atoms with Crippen LogP contribution in [-0.4, -0.2) is 0 Å². The van der Waals surface area contributed by atoms with Crippen molar-refractivity contribution < 1.29 is 4.74 Å². The first kappa shape index (κ1) is 18.4. The normalized spacial score (nSPS) is 10.5. The van der Waals surface area contributed by atoms with Crippen LogP contribution in [0.25, 0.3) is 0 Å². The molecule has 0 spiro atoms. The van der Waals surface area contributed by atoms with Gasteiger partial charge in [-0.1, -0.05) is 42.5 Å². The third-order valence-electron chi connectivity index (χ3n) is 4.69. The van der Waals surface area contributed by atoms with Crippen LogP contribution >= 0.6 is 0 Å². The van der Waals surface area contributed by atoms with Gasteiger partial charge in [0.05, 0.1) is 0 Å². The van der Waals surface area contributed by atoms with Crippen LogP contribution in [-0.2, 0) is 6.61 Å². The standard InChI is InChI=1S/C25H23N3O/c26-20-12-11-19(25(27)17-20)18-29-24-15-13-23(14-16-24)28(21-7-3-1-4-8-21)22-9-5-2-6-10-22/h1-17H,18,26-27H2. The molecule has 4 aromatic carbocycles. The van der Waals surface area contributed by atoms with Crippen molar-refractivity contribution in [2.24, 2.45) is 0 Å². The third-order valence-corrected chi connectivity index (χ3v) is 4.69. The summed E-state index contributed by atoms with van der Waals surface area (Å²) in [5.74, 6) is 0.783. The van der Waals surface area contributed by atoms with Gasteiger partial charge < -0.3 is 21.1 Å². The molecule has 0 saturated heterocycles. The fraction of sp³-hybridized carbons (Fsp3) is 0.0400. The number of benzene rings is 4.